The van der Waals surface area contributed by atoms with Crippen molar-refractivity contribution in [2.45, 2.75) is 19.6 Å². The van der Waals surface area contributed by atoms with Gasteiger partial charge in [0.2, 0.25) is 13.4 Å². The van der Waals surface area contributed by atoms with Crippen molar-refractivity contribution < 1.29 is 0 Å². The summed E-state index contributed by atoms with van der Waals surface area (Å²) in [5.41, 5.74) is 25.6. The van der Waals surface area contributed by atoms with Crippen molar-refractivity contribution >= 4 is 121 Å². The average molecular weight is 1040 g/mol. The molecule has 0 unspecified atom stereocenters. The van der Waals surface area contributed by atoms with Crippen LogP contribution in [0.15, 0.2) is 305 Å². The molecule has 79 heavy (non-hydrogen) atoms. The number of hydrogen-bond acceptors (Lipinski definition) is 5. The number of fused-ring (bicyclic) bond motifs is 8. The first-order valence-corrected chi connectivity index (χ1v) is 28.8. The molecule has 0 atom stereocenters. The second-order valence-corrected chi connectivity index (χ2v) is 22.9. The SMILES string of the molecule is c1ccc(-c2cc3c4c(c2)N(c2ccccc2-c2ccccc2)c2ccccc2B4c2cc4c(cc2S3)N(c2ccccc2-c2ccccc2)c2cc(N(c3ccccc3)c3ccccc3)cc3c2B4c2ccccc2S3)cc1. The lowest BCUT2D eigenvalue weighted by atomic mass is 9.31. The van der Waals surface area contributed by atoms with Crippen molar-refractivity contribution in [3.8, 4) is 33.4 Å². The van der Waals surface area contributed by atoms with Gasteiger partial charge in [-0.3, -0.25) is 0 Å². The molecule has 0 aliphatic carbocycles. The first-order valence-electron chi connectivity index (χ1n) is 27.1. The monoisotopic (exact) mass is 1040 g/mol. The lowest BCUT2D eigenvalue weighted by Gasteiger charge is -2.44. The molecule has 0 spiro atoms. The van der Waals surface area contributed by atoms with E-state index in [1.165, 1.54) is 114 Å². The molecule has 4 aliphatic rings. The molecule has 0 saturated carbocycles. The zero-order valence-corrected chi connectivity index (χ0v) is 44.6. The van der Waals surface area contributed by atoms with Gasteiger partial charge in [-0.25, -0.2) is 0 Å². The van der Waals surface area contributed by atoms with Gasteiger partial charge >= 0.3 is 0 Å². The van der Waals surface area contributed by atoms with Crippen LogP contribution in [0.25, 0.3) is 33.4 Å². The van der Waals surface area contributed by atoms with Crippen molar-refractivity contribution in [1.29, 1.82) is 0 Å². The maximum Gasteiger partial charge on any atom is 0.249 e. The van der Waals surface area contributed by atoms with Gasteiger partial charge in [0.1, 0.15) is 0 Å². The highest BCUT2D eigenvalue weighted by molar-refractivity contribution is 8.00. The van der Waals surface area contributed by atoms with E-state index in [1.807, 2.05) is 23.5 Å². The second kappa shape index (κ2) is 18.8. The molecule has 12 aromatic rings. The molecule has 368 valence electrons. The van der Waals surface area contributed by atoms with Gasteiger partial charge in [-0.1, -0.05) is 241 Å². The third-order valence-corrected chi connectivity index (χ3v) is 18.6. The van der Waals surface area contributed by atoms with Crippen LogP contribution in [-0.4, -0.2) is 13.4 Å². The quantitative estimate of drug-likeness (QED) is 0.140. The first-order chi connectivity index (χ1) is 39.2. The highest BCUT2D eigenvalue weighted by Crippen LogP contribution is 2.51. The molecule has 4 heterocycles. The molecule has 0 aromatic heterocycles. The number of nitrogens with zero attached hydrogens (tertiary/aromatic N) is 3. The Kier molecular flexibility index (Phi) is 11.0. The Morgan fingerprint density at radius 2 is 0.709 bits per heavy atom. The number of anilines is 9. The van der Waals surface area contributed by atoms with Crippen molar-refractivity contribution in [2.24, 2.45) is 0 Å². The van der Waals surface area contributed by atoms with Crippen molar-refractivity contribution in [1.82, 2.24) is 0 Å². The molecular formula is C72H47B2N3S2. The highest BCUT2D eigenvalue weighted by atomic mass is 32.2. The summed E-state index contributed by atoms with van der Waals surface area (Å²) in [5, 5.41) is 0. The van der Waals surface area contributed by atoms with Crippen LogP contribution in [-0.2, 0) is 0 Å². The summed E-state index contributed by atoms with van der Waals surface area (Å²) >= 11 is 3.84. The Morgan fingerprint density at radius 1 is 0.253 bits per heavy atom. The fourth-order valence-electron chi connectivity index (χ4n) is 13.0. The largest absolute Gasteiger partial charge is 0.311 e. The number of rotatable bonds is 8. The van der Waals surface area contributed by atoms with Crippen LogP contribution in [0.2, 0.25) is 0 Å². The zero-order valence-electron chi connectivity index (χ0n) is 42.9. The Bertz CT molecular complexity index is 4310. The Hall–Kier alpha value is -9.13. The summed E-state index contributed by atoms with van der Waals surface area (Å²) in [6.45, 7) is -0.0576. The summed E-state index contributed by atoms with van der Waals surface area (Å²) in [6, 6.07) is 106. The standard InChI is InChI=1S/C72H47B2N3S2/c1-6-24-48(25-7-1)51-42-65-71-69(43-51)79-68-47-64-59(46-60(68)73(71)57-36-18-22-40-63(57)76(65)61-38-20-16-34-55(61)49-26-8-2-9-27-49)74-58-37-19-23-41-67(58)78-70-45-54(75(52-30-12-4-13-31-52)53-32-14-5-15-33-53)44-66(72(70)74)77(64)62-39-21-17-35-56(62)50-28-10-3-11-29-50/h1-47H. The lowest BCUT2D eigenvalue weighted by Crippen LogP contribution is -2.64. The summed E-state index contributed by atoms with van der Waals surface area (Å²) in [4.78, 5) is 12.7. The van der Waals surface area contributed by atoms with Crippen LogP contribution in [0.4, 0.5) is 51.2 Å². The maximum absolute atomic E-state index is 2.64. The molecule has 0 fully saturated rings. The third kappa shape index (κ3) is 7.48. The van der Waals surface area contributed by atoms with Gasteiger partial charge in [0.15, 0.2) is 0 Å². The fraction of sp³-hybridized carbons (Fsp3) is 0. The molecule has 0 N–H and O–H groups in total. The van der Waals surface area contributed by atoms with Crippen LogP contribution in [0.3, 0.4) is 0 Å². The molecular weight excluding hydrogens is 993 g/mol. The van der Waals surface area contributed by atoms with E-state index in [0.717, 1.165) is 22.7 Å². The minimum atomic E-state index is -0.0294. The van der Waals surface area contributed by atoms with E-state index in [0.29, 0.717) is 0 Å². The predicted octanol–water partition coefficient (Wildman–Crippen LogP) is 15.7. The first kappa shape index (κ1) is 46.0. The van der Waals surface area contributed by atoms with Crippen molar-refractivity contribution in [3.63, 3.8) is 0 Å². The van der Waals surface area contributed by atoms with E-state index >= 15 is 0 Å². The number of hydrogen-bond donors (Lipinski definition) is 0. The van der Waals surface area contributed by atoms with E-state index in [1.54, 1.807) is 0 Å². The number of para-hydroxylation sites is 5. The molecule has 7 heteroatoms. The van der Waals surface area contributed by atoms with E-state index in [-0.39, 0.29) is 13.4 Å². The van der Waals surface area contributed by atoms with E-state index in [2.05, 4.69) is 300 Å². The summed E-state index contributed by atoms with van der Waals surface area (Å²) in [6.07, 6.45) is 0. The highest BCUT2D eigenvalue weighted by Gasteiger charge is 2.46. The minimum absolute atomic E-state index is 0.0282. The minimum Gasteiger partial charge on any atom is -0.311 e. The Labute approximate surface area is 470 Å². The molecule has 12 aromatic carbocycles. The normalized spacial score (nSPS) is 13.1. The van der Waals surface area contributed by atoms with Crippen LogP contribution < -0.4 is 47.5 Å². The maximum atomic E-state index is 2.64. The van der Waals surface area contributed by atoms with Gasteiger partial charge in [-0.2, -0.15) is 0 Å². The molecule has 0 radical (unpaired) electrons. The average Bonchev–Trinajstić information content (AvgIpc) is 3.57. The van der Waals surface area contributed by atoms with Gasteiger partial charge in [0, 0.05) is 70.5 Å². The molecule has 0 amide bonds. The lowest BCUT2D eigenvalue weighted by molar-refractivity contribution is 1.22. The third-order valence-electron chi connectivity index (χ3n) is 16.3. The van der Waals surface area contributed by atoms with E-state index in [4.69, 9.17) is 0 Å². The molecule has 16 rings (SSSR count). The summed E-state index contributed by atoms with van der Waals surface area (Å²) in [7, 11) is 0. The molecule has 0 saturated heterocycles. The van der Waals surface area contributed by atoms with Gasteiger partial charge in [0.25, 0.3) is 0 Å². The van der Waals surface area contributed by atoms with Crippen molar-refractivity contribution in [3.05, 3.63) is 285 Å². The topological polar surface area (TPSA) is 9.72 Å². The second-order valence-electron chi connectivity index (χ2n) is 20.7. The Balaban J connectivity index is 0.978. The van der Waals surface area contributed by atoms with Crippen LogP contribution >= 0.6 is 23.5 Å². The fourth-order valence-corrected chi connectivity index (χ4v) is 15.4. The summed E-state index contributed by atoms with van der Waals surface area (Å²) in [5.74, 6) is 0. The smallest absolute Gasteiger partial charge is 0.249 e. The predicted molar refractivity (Wildman–Crippen MR) is 337 cm³/mol. The Morgan fingerprint density at radius 3 is 1.33 bits per heavy atom. The van der Waals surface area contributed by atoms with E-state index < -0.39 is 0 Å². The van der Waals surface area contributed by atoms with Crippen LogP contribution in [0.5, 0.6) is 0 Å². The van der Waals surface area contributed by atoms with Gasteiger partial charge in [0.05, 0.1) is 11.4 Å². The molecule has 3 nitrogen and oxygen atoms in total. The summed E-state index contributed by atoms with van der Waals surface area (Å²) < 4.78 is 0. The van der Waals surface area contributed by atoms with Gasteiger partial charge in [-0.15, -0.1) is 0 Å². The van der Waals surface area contributed by atoms with Crippen LogP contribution in [0, 0.1) is 0 Å². The zero-order chi connectivity index (χ0) is 52.0. The van der Waals surface area contributed by atoms with Crippen molar-refractivity contribution in [2.75, 3.05) is 14.7 Å². The molecule has 4 aliphatic heterocycles. The van der Waals surface area contributed by atoms with Crippen LogP contribution in [0.1, 0.15) is 0 Å². The van der Waals surface area contributed by atoms with Gasteiger partial charge < -0.3 is 14.7 Å². The van der Waals surface area contributed by atoms with E-state index in [9.17, 15) is 0 Å². The molecule has 0 bridgehead atoms. The number of benzene rings is 12. The van der Waals surface area contributed by atoms with Gasteiger partial charge in [-0.05, 0) is 123 Å².